The first-order valence-electron chi connectivity index (χ1n) is 6.87. The third-order valence-corrected chi connectivity index (χ3v) is 3.63. The molecule has 21 heavy (non-hydrogen) atoms. The zero-order chi connectivity index (χ0) is 15.4. The topological polar surface area (TPSA) is 106 Å². The van der Waals surface area contributed by atoms with Gasteiger partial charge in [-0.05, 0) is 6.07 Å². The number of rotatable bonds is 4. The molecule has 1 unspecified atom stereocenters. The highest BCUT2D eigenvalue weighted by atomic mass is 16.6. The van der Waals surface area contributed by atoms with Crippen molar-refractivity contribution in [1.82, 2.24) is 9.88 Å². The van der Waals surface area contributed by atoms with E-state index in [9.17, 15) is 14.9 Å². The third kappa shape index (κ3) is 3.46. The van der Waals surface area contributed by atoms with Crippen molar-refractivity contribution in [3.05, 3.63) is 28.4 Å². The number of carbonyl (C=O) groups excluding carboxylic acids is 1. The second-order valence-corrected chi connectivity index (χ2v) is 5.08. The Bertz CT molecular complexity index is 511. The van der Waals surface area contributed by atoms with E-state index < -0.39 is 4.92 Å². The summed E-state index contributed by atoms with van der Waals surface area (Å²) in [6.07, 6.45) is 1.25. The second kappa shape index (κ2) is 6.49. The Hall–Kier alpha value is -2.22. The Morgan fingerprint density at radius 3 is 2.57 bits per heavy atom. The summed E-state index contributed by atoms with van der Waals surface area (Å²) in [5.41, 5.74) is 5.49. The number of carbonyl (C=O) groups is 1. The van der Waals surface area contributed by atoms with Crippen molar-refractivity contribution in [2.45, 2.75) is 6.92 Å². The smallest absolute Gasteiger partial charge is 0.287 e. The molecule has 114 valence electrons. The van der Waals surface area contributed by atoms with E-state index in [1.165, 1.54) is 12.3 Å². The fourth-order valence-corrected chi connectivity index (χ4v) is 2.24. The molecule has 0 saturated carbocycles. The lowest BCUT2D eigenvalue weighted by Crippen LogP contribution is -2.51. The predicted molar refractivity (Wildman–Crippen MR) is 77.9 cm³/mol. The van der Waals surface area contributed by atoms with E-state index >= 15 is 0 Å². The molecule has 1 saturated heterocycles. The first-order valence-corrected chi connectivity index (χ1v) is 6.87. The van der Waals surface area contributed by atoms with Gasteiger partial charge in [0.15, 0.2) is 0 Å². The molecule has 2 heterocycles. The first-order chi connectivity index (χ1) is 10.0. The van der Waals surface area contributed by atoms with Crippen molar-refractivity contribution >= 4 is 17.4 Å². The van der Waals surface area contributed by atoms with Crippen LogP contribution >= 0.6 is 0 Å². The molecule has 1 aromatic rings. The number of nitrogens with zero attached hydrogens (tertiary/aromatic N) is 4. The van der Waals surface area contributed by atoms with Gasteiger partial charge < -0.3 is 15.5 Å². The van der Waals surface area contributed by atoms with Crippen LogP contribution < -0.4 is 10.6 Å². The molecule has 0 spiro atoms. The number of amides is 1. The van der Waals surface area contributed by atoms with Crippen molar-refractivity contribution < 1.29 is 9.72 Å². The first kappa shape index (κ1) is 15.2. The molecule has 0 radical (unpaired) electrons. The van der Waals surface area contributed by atoms with Crippen LogP contribution in [0.2, 0.25) is 0 Å². The van der Waals surface area contributed by atoms with E-state index in [1.54, 1.807) is 11.0 Å². The van der Waals surface area contributed by atoms with Crippen LogP contribution in [-0.2, 0) is 4.79 Å². The van der Waals surface area contributed by atoms with E-state index in [0.29, 0.717) is 38.5 Å². The van der Waals surface area contributed by atoms with Gasteiger partial charge in [0.25, 0.3) is 5.69 Å². The SMILES string of the molecule is CC(CN)C(=O)N1CCN(c2ccc([N+](=O)[O-])cn2)CC1. The van der Waals surface area contributed by atoms with Crippen molar-refractivity contribution in [3.8, 4) is 0 Å². The van der Waals surface area contributed by atoms with Gasteiger partial charge in [-0.25, -0.2) is 4.98 Å². The van der Waals surface area contributed by atoms with E-state index in [0.717, 1.165) is 0 Å². The van der Waals surface area contributed by atoms with Gasteiger partial charge in [-0.3, -0.25) is 14.9 Å². The van der Waals surface area contributed by atoms with Crippen LogP contribution in [0.1, 0.15) is 6.92 Å². The molecule has 0 bridgehead atoms. The standard InChI is InChI=1S/C13H19N5O3/c1-10(8-14)13(19)17-6-4-16(5-7-17)12-3-2-11(9-15-12)18(20)21/h2-3,9-10H,4-8,14H2,1H3. The summed E-state index contributed by atoms with van der Waals surface area (Å²) in [6.45, 7) is 4.72. The Balaban J connectivity index is 1.94. The fraction of sp³-hybridized carbons (Fsp3) is 0.538. The maximum absolute atomic E-state index is 12.0. The minimum atomic E-state index is -0.471. The fourth-order valence-electron chi connectivity index (χ4n) is 2.24. The van der Waals surface area contributed by atoms with Gasteiger partial charge >= 0.3 is 0 Å². The van der Waals surface area contributed by atoms with Crippen molar-refractivity contribution in [2.75, 3.05) is 37.6 Å². The van der Waals surface area contributed by atoms with Crippen molar-refractivity contribution in [2.24, 2.45) is 11.7 Å². The van der Waals surface area contributed by atoms with Crippen LogP contribution in [0, 0.1) is 16.0 Å². The largest absolute Gasteiger partial charge is 0.353 e. The maximum atomic E-state index is 12.0. The van der Waals surface area contributed by atoms with Crippen LogP contribution in [-0.4, -0.2) is 53.4 Å². The third-order valence-electron chi connectivity index (χ3n) is 3.63. The lowest BCUT2D eigenvalue weighted by molar-refractivity contribution is -0.385. The molecular formula is C13H19N5O3. The van der Waals surface area contributed by atoms with E-state index in [4.69, 9.17) is 5.73 Å². The summed E-state index contributed by atoms with van der Waals surface area (Å²) in [4.78, 5) is 30.1. The van der Waals surface area contributed by atoms with Gasteiger partial charge in [0, 0.05) is 44.7 Å². The van der Waals surface area contributed by atoms with Gasteiger partial charge in [0.05, 0.1) is 4.92 Å². The van der Waals surface area contributed by atoms with Crippen molar-refractivity contribution in [3.63, 3.8) is 0 Å². The lowest BCUT2D eigenvalue weighted by Gasteiger charge is -2.36. The minimum absolute atomic E-state index is 0.0238. The number of aromatic nitrogens is 1. The van der Waals surface area contributed by atoms with Crippen LogP contribution in [0.25, 0.3) is 0 Å². The molecule has 1 atom stereocenters. The average Bonchev–Trinajstić information content (AvgIpc) is 2.53. The monoisotopic (exact) mass is 293 g/mol. The number of pyridine rings is 1. The van der Waals surface area contributed by atoms with Gasteiger partial charge in [0.1, 0.15) is 12.0 Å². The summed E-state index contributed by atoms with van der Waals surface area (Å²) in [5.74, 6) is 0.613. The minimum Gasteiger partial charge on any atom is -0.353 e. The zero-order valence-electron chi connectivity index (χ0n) is 11.9. The van der Waals surface area contributed by atoms with Crippen molar-refractivity contribution in [1.29, 1.82) is 0 Å². The number of hydrogen-bond acceptors (Lipinski definition) is 6. The summed E-state index contributed by atoms with van der Waals surface area (Å²) in [6, 6.07) is 3.08. The number of nitrogens with two attached hydrogens (primary N) is 1. The Labute approximate surface area is 122 Å². The highest BCUT2D eigenvalue weighted by Crippen LogP contribution is 2.17. The highest BCUT2D eigenvalue weighted by Gasteiger charge is 2.24. The van der Waals surface area contributed by atoms with Crippen LogP contribution in [0.5, 0.6) is 0 Å². The van der Waals surface area contributed by atoms with E-state index in [2.05, 4.69) is 4.98 Å². The molecule has 2 rings (SSSR count). The summed E-state index contributed by atoms with van der Waals surface area (Å²) >= 11 is 0. The molecule has 1 fully saturated rings. The Morgan fingerprint density at radius 2 is 2.10 bits per heavy atom. The van der Waals surface area contributed by atoms with Gasteiger partial charge in [0.2, 0.25) is 5.91 Å². The van der Waals surface area contributed by atoms with Crippen LogP contribution in [0.3, 0.4) is 0 Å². The molecule has 2 N–H and O–H groups in total. The van der Waals surface area contributed by atoms with Crippen LogP contribution in [0.4, 0.5) is 11.5 Å². The van der Waals surface area contributed by atoms with Gasteiger partial charge in [-0.15, -0.1) is 0 Å². The summed E-state index contributed by atoms with van der Waals surface area (Å²) in [5, 5.41) is 10.6. The molecule has 1 amide bonds. The Kier molecular flexibility index (Phi) is 4.69. The molecule has 0 aromatic carbocycles. The average molecular weight is 293 g/mol. The molecule has 1 aliphatic rings. The molecule has 1 aliphatic heterocycles. The lowest BCUT2D eigenvalue weighted by atomic mass is 10.1. The van der Waals surface area contributed by atoms with Gasteiger partial charge in [-0.1, -0.05) is 6.92 Å². The Morgan fingerprint density at radius 1 is 1.43 bits per heavy atom. The van der Waals surface area contributed by atoms with Gasteiger partial charge in [-0.2, -0.15) is 0 Å². The zero-order valence-corrected chi connectivity index (χ0v) is 11.9. The molecule has 8 heteroatoms. The molecule has 0 aliphatic carbocycles. The molecular weight excluding hydrogens is 274 g/mol. The maximum Gasteiger partial charge on any atom is 0.287 e. The number of hydrogen-bond donors (Lipinski definition) is 1. The normalized spacial score (nSPS) is 16.7. The summed E-state index contributed by atoms with van der Waals surface area (Å²) < 4.78 is 0. The second-order valence-electron chi connectivity index (χ2n) is 5.08. The van der Waals surface area contributed by atoms with Crippen LogP contribution in [0.15, 0.2) is 18.3 Å². The molecule has 1 aromatic heterocycles. The van der Waals surface area contributed by atoms with E-state index in [-0.39, 0.29) is 17.5 Å². The quantitative estimate of drug-likeness (QED) is 0.629. The number of piperazine rings is 1. The predicted octanol–water partition coefficient (Wildman–Crippen LogP) is 0.233. The number of nitro groups is 1. The molecule has 8 nitrogen and oxygen atoms in total. The summed E-state index contributed by atoms with van der Waals surface area (Å²) in [7, 11) is 0. The highest BCUT2D eigenvalue weighted by molar-refractivity contribution is 5.79. The number of anilines is 1. The van der Waals surface area contributed by atoms with E-state index in [1.807, 2.05) is 11.8 Å².